The van der Waals surface area contributed by atoms with Gasteiger partial charge in [0.05, 0.1) is 0 Å². The van der Waals surface area contributed by atoms with Gasteiger partial charge in [0.25, 0.3) is 5.91 Å². The number of carbonyl (C=O) groups is 1. The molecule has 0 bridgehead atoms. The topological polar surface area (TPSA) is 49.0 Å². The molecule has 0 radical (unpaired) electrons. The fourth-order valence-corrected chi connectivity index (χ4v) is 2.42. The van der Waals surface area contributed by atoms with Gasteiger partial charge in [0.1, 0.15) is 0 Å². The number of H-pyrrole nitrogens is 1. The Kier molecular flexibility index (Phi) is 2.63. The van der Waals surface area contributed by atoms with Crippen molar-refractivity contribution in [3.63, 3.8) is 0 Å². The summed E-state index contributed by atoms with van der Waals surface area (Å²) in [6, 6.07) is 9.63. The lowest BCUT2D eigenvalue weighted by Gasteiger charge is -2.16. The number of aromatic amines is 1. The molecule has 4 nitrogen and oxygen atoms in total. The zero-order valence-electron chi connectivity index (χ0n) is 10.3. The Balaban J connectivity index is 1.91. The molecule has 1 aromatic heterocycles. The first kappa shape index (κ1) is 11.0. The van der Waals surface area contributed by atoms with Crippen molar-refractivity contribution < 1.29 is 4.79 Å². The number of amides is 1. The number of aromatic nitrogens is 2. The maximum Gasteiger partial charge on any atom is 0.278 e. The maximum absolute atomic E-state index is 12.4. The second-order valence-corrected chi connectivity index (χ2v) is 4.58. The Morgan fingerprint density at radius 1 is 1.28 bits per heavy atom. The minimum atomic E-state index is -0.0411. The first-order chi connectivity index (χ1) is 8.77. The van der Waals surface area contributed by atoms with Crippen LogP contribution in [0.3, 0.4) is 0 Å². The molecule has 1 aliphatic rings. The van der Waals surface area contributed by atoms with Crippen molar-refractivity contribution in [2.75, 3.05) is 11.9 Å². The van der Waals surface area contributed by atoms with Gasteiger partial charge in [-0.1, -0.05) is 18.2 Å². The summed E-state index contributed by atoms with van der Waals surface area (Å²) in [6.45, 7) is 0. The summed E-state index contributed by atoms with van der Waals surface area (Å²) in [5.41, 5.74) is 3.69. The number of hydrogen-bond acceptors (Lipinski definition) is 2. The van der Waals surface area contributed by atoms with Crippen LogP contribution in [-0.2, 0) is 12.8 Å². The normalized spacial score (nSPS) is 13.4. The van der Waals surface area contributed by atoms with Crippen LogP contribution in [0.25, 0.3) is 0 Å². The molecule has 0 spiro atoms. The van der Waals surface area contributed by atoms with Crippen molar-refractivity contribution in [1.29, 1.82) is 0 Å². The summed E-state index contributed by atoms with van der Waals surface area (Å²) in [6.07, 6.45) is 3.07. The van der Waals surface area contributed by atoms with Gasteiger partial charge in [-0.2, -0.15) is 5.10 Å². The summed E-state index contributed by atoms with van der Waals surface area (Å²) < 4.78 is 0. The molecule has 0 atom stereocenters. The molecule has 1 amide bonds. The third-order valence-corrected chi connectivity index (χ3v) is 3.46. The van der Waals surface area contributed by atoms with E-state index in [4.69, 9.17) is 0 Å². The number of benzene rings is 1. The fraction of sp³-hybridized carbons (Fsp3) is 0.286. The van der Waals surface area contributed by atoms with Crippen LogP contribution in [0.4, 0.5) is 5.69 Å². The number of anilines is 1. The van der Waals surface area contributed by atoms with E-state index in [2.05, 4.69) is 10.2 Å². The van der Waals surface area contributed by atoms with Gasteiger partial charge in [0, 0.05) is 24.0 Å². The van der Waals surface area contributed by atoms with Crippen molar-refractivity contribution in [3.05, 3.63) is 47.3 Å². The van der Waals surface area contributed by atoms with E-state index in [1.165, 1.54) is 0 Å². The van der Waals surface area contributed by atoms with E-state index in [9.17, 15) is 4.79 Å². The van der Waals surface area contributed by atoms with Crippen molar-refractivity contribution >= 4 is 11.6 Å². The number of carbonyl (C=O) groups excluding carboxylic acids is 1. The Morgan fingerprint density at radius 2 is 2.06 bits per heavy atom. The molecular formula is C14H15N3O. The van der Waals surface area contributed by atoms with Crippen molar-refractivity contribution in [2.45, 2.75) is 19.3 Å². The quantitative estimate of drug-likeness (QED) is 0.876. The average Bonchev–Trinajstić information content (AvgIpc) is 3.00. The van der Waals surface area contributed by atoms with Gasteiger partial charge in [0.15, 0.2) is 5.69 Å². The highest BCUT2D eigenvalue weighted by atomic mass is 16.2. The molecular weight excluding hydrogens is 226 g/mol. The Bertz CT molecular complexity index is 574. The van der Waals surface area contributed by atoms with Gasteiger partial charge in [-0.25, -0.2) is 0 Å². The lowest BCUT2D eigenvalue weighted by Crippen LogP contribution is -2.27. The van der Waals surface area contributed by atoms with Crippen LogP contribution in [0.2, 0.25) is 0 Å². The number of para-hydroxylation sites is 1. The first-order valence-electron chi connectivity index (χ1n) is 6.16. The zero-order valence-corrected chi connectivity index (χ0v) is 10.3. The standard InChI is InChI=1S/C14H15N3O/c1-17(10-6-3-2-4-7-10)14(18)13-11-8-5-9-12(11)15-16-13/h2-4,6-7H,5,8-9H2,1H3,(H,15,16). The van der Waals surface area contributed by atoms with E-state index in [0.717, 1.165) is 36.2 Å². The van der Waals surface area contributed by atoms with Gasteiger partial charge in [0.2, 0.25) is 0 Å². The van der Waals surface area contributed by atoms with E-state index in [-0.39, 0.29) is 5.91 Å². The predicted octanol–water partition coefficient (Wildman–Crippen LogP) is 2.17. The van der Waals surface area contributed by atoms with Gasteiger partial charge in [-0.15, -0.1) is 0 Å². The molecule has 1 aromatic carbocycles. The number of fused-ring (bicyclic) bond motifs is 1. The maximum atomic E-state index is 12.4. The molecule has 2 aromatic rings. The second kappa shape index (κ2) is 4.29. The number of aryl methyl sites for hydroxylation is 1. The smallest absolute Gasteiger partial charge is 0.278 e. The molecule has 18 heavy (non-hydrogen) atoms. The highest BCUT2D eigenvalue weighted by molar-refractivity contribution is 6.05. The van der Waals surface area contributed by atoms with Crippen LogP contribution in [-0.4, -0.2) is 23.2 Å². The van der Waals surface area contributed by atoms with Gasteiger partial charge in [-0.05, 0) is 31.4 Å². The Labute approximate surface area is 106 Å². The number of hydrogen-bond donors (Lipinski definition) is 1. The van der Waals surface area contributed by atoms with Crippen LogP contribution in [0, 0.1) is 0 Å². The summed E-state index contributed by atoms with van der Waals surface area (Å²) >= 11 is 0. The Hall–Kier alpha value is -2.10. The van der Waals surface area contributed by atoms with Crippen LogP contribution in [0.5, 0.6) is 0 Å². The lowest BCUT2D eigenvalue weighted by molar-refractivity contribution is 0.0987. The first-order valence-corrected chi connectivity index (χ1v) is 6.16. The predicted molar refractivity (Wildman–Crippen MR) is 69.8 cm³/mol. The highest BCUT2D eigenvalue weighted by Gasteiger charge is 2.25. The minimum Gasteiger partial charge on any atom is -0.310 e. The van der Waals surface area contributed by atoms with Gasteiger partial charge in [-0.3, -0.25) is 9.89 Å². The second-order valence-electron chi connectivity index (χ2n) is 4.58. The van der Waals surface area contributed by atoms with E-state index in [0.29, 0.717) is 5.69 Å². The van der Waals surface area contributed by atoms with E-state index in [1.54, 1.807) is 11.9 Å². The molecule has 0 fully saturated rings. The van der Waals surface area contributed by atoms with Crippen molar-refractivity contribution in [3.8, 4) is 0 Å². The van der Waals surface area contributed by atoms with Crippen molar-refractivity contribution in [1.82, 2.24) is 10.2 Å². The van der Waals surface area contributed by atoms with E-state index < -0.39 is 0 Å². The molecule has 4 heteroatoms. The Morgan fingerprint density at radius 3 is 2.83 bits per heavy atom. The molecule has 3 rings (SSSR count). The van der Waals surface area contributed by atoms with Gasteiger partial charge >= 0.3 is 0 Å². The highest BCUT2D eigenvalue weighted by Crippen LogP contribution is 2.24. The molecule has 0 saturated carbocycles. The number of nitrogens with zero attached hydrogens (tertiary/aromatic N) is 2. The summed E-state index contributed by atoms with van der Waals surface area (Å²) in [4.78, 5) is 14.1. The van der Waals surface area contributed by atoms with Crippen LogP contribution in [0.15, 0.2) is 30.3 Å². The fourth-order valence-electron chi connectivity index (χ4n) is 2.42. The molecule has 0 aliphatic heterocycles. The van der Waals surface area contributed by atoms with Crippen LogP contribution >= 0.6 is 0 Å². The third kappa shape index (κ3) is 1.70. The number of nitrogens with one attached hydrogen (secondary N) is 1. The molecule has 1 N–H and O–H groups in total. The molecule has 0 saturated heterocycles. The monoisotopic (exact) mass is 241 g/mol. The molecule has 1 aliphatic carbocycles. The zero-order chi connectivity index (χ0) is 12.5. The SMILES string of the molecule is CN(C(=O)c1n[nH]c2c1CCC2)c1ccccc1. The summed E-state index contributed by atoms with van der Waals surface area (Å²) in [5, 5.41) is 7.14. The summed E-state index contributed by atoms with van der Waals surface area (Å²) in [5.74, 6) is -0.0411. The average molecular weight is 241 g/mol. The third-order valence-electron chi connectivity index (χ3n) is 3.46. The van der Waals surface area contributed by atoms with Gasteiger partial charge < -0.3 is 4.90 Å². The molecule has 0 unspecified atom stereocenters. The number of rotatable bonds is 2. The molecule has 92 valence electrons. The van der Waals surface area contributed by atoms with E-state index in [1.807, 2.05) is 30.3 Å². The molecule has 1 heterocycles. The van der Waals surface area contributed by atoms with Crippen LogP contribution in [0.1, 0.15) is 28.2 Å². The van der Waals surface area contributed by atoms with E-state index >= 15 is 0 Å². The lowest BCUT2D eigenvalue weighted by atomic mass is 10.2. The largest absolute Gasteiger partial charge is 0.310 e. The van der Waals surface area contributed by atoms with Crippen LogP contribution < -0.4 is 4.90 Å². The minimum absolute atomic E-state index is 0.0411. The van der Waals surface area contributed by atoms with Crippen molar-refractivity contribution in [2.24, 2.45) is 0 Å². The summed E-state index contributed by atoms with van der Waals surface area (Å²) in [7, 11) is 1.79.